The van der Waals surface area contributed by atoms with E-state index in [4.69, 9.17) is 4.52 Å². The van der Waals surface area contributed by atoms with E-state index in [1.54, 1.807) is 0 Å². The van der Waals surface area contributed by atoms with Gasteiger partial charge in [-0.3, -0.25) is 0 Å². The maximum absolute atomic E-state index is 5.09. The Morgan fingerprint density at radius 2 is 2.07 bits per heavy atom. The molecule has 1 heterocycles. The average Bonchev–Trinajstić information content (AvgIpc) is 2.48. The summed E-state index contributed by atoms with van der Waals surface area (Å²) in [6.07, 6.45) is 1.02. The number of rotatable bonds is 3. The van der Waals surface area contributed by atoms with Crippen LogP contribution in [0.4, 0.5) is 6.01 Å². The van der Waals surface area contributed by atoms with Gasteiger partial charge in [-0.2, -0.15) is 4.98 Å². The van der Waals surface area contributed by atoms with Crippen LogP contribution in [0, 0.1) is 0 Å². The summed E-state index contributed by atoms with van der Waals surface area (Å²) in [6, 6.07) is 0.507. The Labute approximate surface area is 85.1 Å². The Bertz CT molecular complexity index is 288. The van der Waals surface area contributed by atoms with Gasteiger partial charge in [0.25, 0.3) is 0 Å². The molecule has 1 aromatic rings. The molecule has 0 amide bonds. The molecule has 4 heteroatoms. The van der Waals surface area contributed by atoms with Gasteiger partial charge in [0.15, 0.2) is 5.82 Å². The molecule has 1 atom stereocenters. The molecule has 1 rings (SSSR count). The first-order valence-electron chi connectivity index (χ1n) is 5.04. The van der Waals surface area contributed by atoms with Crippen molar-refractivity contribution in [1.82, 2.24) is 10.1 Å². The number of anilines is 1. The van der Waals surface area contributed by atoms with E-state index >= 15 is 0 Å². The summed E-state index contributed by atoms with van der Waals surface area (Å²) in [7, 11) is 0. The molecule has 1 N–H and O–H groups in total. The SMILES string of the molecule is CCC(C)c1noc(NC(C)(C)C)n1. The van der Waals surface area contributed by atoms with Crippen LogP contribution in [0.2, 0.25) is 0 Å². The smallest absolute Gasteiger partial charge is 0.321 e. The molecular weight excluding hydrogens is 178 g/mol. The topological polar surface area (TPSA) is 51.0 Å². The molecule has 80 valence electrons. The lowest BCUT2D eigenvalue weighted by Crippen LogP contribution is -2.26. The zero-order chi connectivity index (χ0) is 10.8. The van der Waals surface area contributed by atoms with Crippen molar-refractivity contribution in [2.75, 3.05) is 5.32 Å². The van der Waals surface area contributed by atoms with Gasteiger partial charge in [-0.05, 0) is 27.2 Å². The molecule has 0 aliphatic carbocycles. The molecule has 1 aromatic heterocycles. The van der Waals surface area contributed by atoms with Crippen LogP contribution in [0.15, 0.2) is 4.52 Å². The van der Waals surface area contributed by atoms with Crippen LogP contribution in [0.1, 0.15) is 52.8 Å². The van der Waals surface area contributed by atoms with Gasteiger partial charge in [-0.1, -0.05) is 19.0 Å². The number of hydrogen-bond acceptors (Lipinski definition) is 4. The normalized spacial score (nSPS) is 14.1. The van der Waals surface area contributed by atoms with Gasteiger partial charge in [-0.15, -0.1) is 0 Å². The summed E-state index contributed by atoms with van der Waals surface area (Å²) >= 11 is 0. The largest absolute Gasteiger partial charge is 0.333 e. The van der Waals surface area contributed by atoms with E-state index in [2.05, 4.69) is 50.1 Å². The maximum atomic E-state index is 5.09. The third kappa shape index (κ3) is 3.01. The van der Waals surface area contributed by atoms with Crippen molar-refractivity contribution in [3.05, 3.63) is 5.82 Å². The van der Waals surface area contributed by atoms with Gasteiger partial charge in [-0.25, -0.2) is 0 Å². The van der Waals surface area contributed by atoms with Gasteiger partial charge >= 0.3 is 6.01 Å². The minimum absolute atomic E-state index is 0.0424. The van der Waals surface area contributed by atoms with Crippen LogP contribution in [0.5, 0.6) is 0 Å². The molecule has 0 radical (unpaired) electrons. The third-order valence-corrected chi connectivity index (χ3v) is 1.98. The van der Waals surface area contributed by atoms with Crippen molar-refractivity contribution in [2.24, 2.45) is 0 Å². The highest BCUT2D eigenvalue weighted by Gasteiger charge is 2.16. The van der Waals surface area contributed by atoms with Crippen molar-refractivity contribution in [3.8, 4) is 0 Å². The minimum atomic E-state index is -0.0424. The Morgan fingerprint density at radius 1 is 1.43 bits per heavy atom. The maximum Gasteiger partial charge on any atom is 0.321 e. The first kappa shape index (κ1) is 11.0. The standard InChI is InChI=1S/C10H19N3O/c1-6-7(2)8-11-9(14-13-8)12-10(3,4)5/h7H,6H2,1-5H3,(H,11,12,13). The van der Waals surface area contributed by atoms with Crippen molar-refractivity contribution in [1.29, 1.82) is 0 Å². The molecule has 4 nitrogen and oxygen atoms in total. The Morgan fingerprint density at radius 3 is 2.57 bits per heavy atom. The summed E-state index contributed by atoms with van der Waals surface area (Å²) in [5, 5.41) is 7.06. The fourth-order valence-corrected chi connectivity index (χ4v) is 0.989. The van der Waals surface area contributed by atoms with Crippen LogP contribution in [0.3, 0.4) is 0 Å². The van der Waals surface area contributed by atoms with Gasteiger partial charge in [0.2, 0.25) is 0 Å². The molecule has 0 aromatic carbocycles. The first-order chi connectivity index (χ1) is 6.42. The van der Waals surface area contributed by atoms with E-state index in [1.165, 1.54) is 0 Å². The van der Waals surface area contributed by atoms with Crippen LogP contribution in [-0.4, -0.2) is 15.7 Å². The van der Waals surface area contributed by atoms with Gasteiger partial charge in [0.1, 0.15) is 0 Å². The predicted molar refractivity (Wildman–Crippen MR) is 56.4 cm³/mol. The van der Waals surface area contributed by atoms with E-state index in [0.29, 0.717) is 11.9 Å². The van der Waals surface area contributed by atoms with Crippen LogP contribution >= 0.6 is 0 Å². The zero-order valence-electron chi connectivity index (χ0n) is 9.59. The van der Waals surface area contributed by atoms with Crippen LogP contribution in [-0.2, 0) is 0 Å². The van der Waals surface area contributed by atoms with Crippen LogP contribution < -0.4 is 5.32 Å². The van der Waals surface area contributed by atoms with E-state index in [9.17, 15) is 0 Å². The van der Waals surface area contributed by atoms with Crippen LogP contribution in [0.25, 0.3) is 0 Å². The highest BCUT2D eigenvalue weighted by Crippen LogP contribution is 2.18. The molecular formula is C10H19N3O. The van der Waals surface area contributed by atoms with Crippen molar-refractivity contribution >= 4 is 6.01 Å². The average molecular weight is 197 g/mol. The first-order valence-corrected chi connectivity index (χ1v) is 5.04. The summed E-state index contributed by atoms with van der Waals surface area (Å²) in [4.78, 5) is 4.28. The molecule has 0 spiro atoms. The molecule has 0 saturated carbocycles. The second kappa shape index (κ2) is 3.98. The number of nitrogens with one attached hydrogen (secondary N) is 1. The zero-order valence-corrected chi connectivity index (χ0v) is 9.59. The fraction of sp³-hybridized carbons (Fsp3) is 0.800. The monoisotopic (exact) mass is 197 g/mol. The summed E-state index contributed by atoms with van der Waals surface area (Å²) in [6.45, 7) is 10.4. The minimum Gasteiger partial charge on any atom is -0.333 e. The van der Waals surface area contributed by atoms with Gasteiger partial charge in [0, 0.05) is 11.5 Å². The van der Waals surface area contributed by atoms with Crippen molar-refractivity contribution in [3.63, 3.8) is 0 Å². The Balaban J connectivity index is 2.69. The van der Waals surface area contributed by atoms with E-state index in [1.807, 2.05) is 0 Å². The lowest BCUT2D eigenvalue weighted by Gasteiger charge is -2.17. The second-order valence-corrected chi connectivity index (χ2v) is 4.64. The Kier molecular flexibility index (Phi) is 3.13. The highest BCUT2D eigenvalue weighted by atomic mass is 16.5. The predicted octanol–water partition coefficient (Wildman–Crippen LogP) is 2.79. The molecule has 1 unspecified atom stereocenters. The summed E-state index contributed by atoms with van der Waals surface area (Å²) in [5.74, 6) is 1.13. The second-order valence-electron chi connectivity index (χ2n) is 4.64. The van der Waals surface area contributed by atoms with Gasteiger partial charge in [0.05, 0.1) is 0 Å². The molecule has 0 fully saturated rings. The fourth-order valence-electron chi connectivity index (χ4n) is 0.989. The van der Waals surface area contributed by atoms with Gasteiger partial charge < -0.3 is 9.84 Å². The summed E-state index contributed by atoms with van der Waals surface area (Å²) < 4.78 is 5.09. The Hall–Kier alpha value is -1.06. The third-order valence-electron chi connectivity index (χ3n) is 1.98. The van der Waals surface area contributed by atoms with Crippen molar-refractivity contribution < 1.29 is 4.52 Å². The number of nitrogens with zero attached hydrogens (tertiary/aromatic N) is 2. The van der Waals surface area contributed by atoms with E-state index < -0.39 is 0 Å². The molecule has 0 bridgehead atoms. The summed E-state index contributed by atoms with van der Waals surface area (Å²) in [5.41, 5.74) is -0.0424. The van der Waals surface area contributed by atoms with E-state index in [0.717, 1.165) is 12.2 Å². The van der Waals surface area contributed by atoms with Crippen molar-refractivity contribution in [2.45, 2.75) is 52.5 Å². The number of aromatic nitrogens is 2. The van der Waals surface area contributed by atoms with E-state index in [-0.39, 0.29) is 5.54 Å². The lowest BCUT2D eigenvalue weighted by molar-refractivity contribution is 0.407. The quantitative estimate of drug-likeness (QED) is 0.809. The molecule has 0 saturated heterocycles. The number of hydrogen-bond donors (Lipinski definition) is 1. The molecule has 0 aliphatic rings. The molecule has 0 aliphatic heterocycles. The lowest BCUT2D eigenvalue weighted by atomic mass is 10.1. The molecule has 14 heavy (non-hydrogen) atoms. The highest BCUT2D eigenvalue weighted by molar-refractivity contribution is 5.23.